The van der Waals surface area contributed by atoms with Crippen LogP contribution in [0.2, 0.25) is 0 Å². The van der Waals surface area contributed by atoms with Gasteiger partial charge in [-0.2, -0.15) is 5.10 Å². The van der Waals surface area contributed by atoms with E-state index in [4.69, 9.17) is 18.9 Å². The SMILES string of the molecule is CCOc1cc([C@H]2NC(=O)NC(C)=C2C(=O)OC)ccc1OC[C@H](O)N/N=C/c1ccc(OC(C)C)c(Br)c1. The molecular formula is C27H33BrN4O7. The summed E-state index contributed by atoms with van der Waals surface area (Å²) in [6, 6.07) is 9.38. The van der Waals surface area contributed by atoms with Crippen molar-refractivity contribution in [3.63, 3.8) is 0 Å². The number of hydrogen-bond donors (Lipinski definition) is 4. The number of halogens is 1. The van der Waals surface area contributed by atoms with Gasteiger partial charge in [-0.05, 0) is 85.1 Å². The summed E-state index contributed by atoms with van der Waals surface area (Å²) in [5.74, 6) is 0.921. The fourth-order valence-electron chi connectivity index (χ4n) is 3.77. The van der Waals surface area contributed by atoms with Gasteiger partial charge in [0.2, 0.25) is 0 Å². The number of nitrogens with zero attached hydrogens (tertiary/aromatic N) is 1. The minimum Gasteiger partial charge on any atom is -0.490 e. The largest absolute Gasteiger partial charge is 0.490 e. The number of carbonyl (C=O) groups excluding carboxylic acids is 2. The van der Waals surface area contributed by atoms with Crippen LogP contribution in [-0.4, -0.2) is 56.0 Å². The molecule has 0 bridgehead atoms. The Balaban J connectivity index is 1.66. The van der Waals surface area contributed by atoms with Crippen LogP contribution in [0.4, 0.5) is 4.79 Å². The molecule has 2 atom stereocenters. The second kappa shape index (κ2) is 13.9. The van der Waals surface area contributed by atoms with E-state index < -0.39 is 24.3 Å². The van der Waals surface area contributed by atoms with Crippen molar-refractivity contribution in [3.05, 3.63) is 63.3 Å². The number of rotatable bonds is 12. The van der Waals surface area contributed by atoms with E-state index in [1.54, 1.807) is 31.3 Å². The summed E-state index contributed by atoms with van der Waals surface area (Å²) >= 11 is 3.48. The zero-order valence-electron chi connectivity index (χ0n) is 22.4. The zero-order valence-corrected chi connectivity index (χ0v) is 24.0. The topological polar surface area (TPSA) is 140 Å². The number of aliphatic hydroxyl groups excluding tert-OH is 1. The van der Waals surface area contributed by atoms with Crippen LogP contribution < -0.4 is 30.3 Å². The molecule has 210 valence electrons. The number of urea groups is 1. The van der Waals surface area contributed by atoms with E-state index in [0.717, 1.165) is 15.8 Å². The number of benzene rings is 2. The van der Waals surface area contributed by atoms with E-state index in [1.807, 2.05) is 39.0 Å². The molecule has 0 unspecified atom stereocenters. The average molecular weight is 605 g/mol. The number of hydrogen-bond acceptors (Lipinski definition) is 9. The summed E-state index contributed by atoms with van der Waals surface area (Å²) in [7, 11) is 1.28. The second-order valence-electron chi connectivity index (χ2n) is 8.77. The molecular weight excluding hydrogens is 572 g/mol. The first kappa shape index (κ1) is 29.8. The summed E-state index contributed by atoms with van der Waals surface area (Å²) in [6.07, 6.45) is 0.512. The molecule has 3 rings (SSSR count). The van der Waals surface area contributed by atoms with Crippen molar-refractivity contribution in [1.82, 2.24) is 16.1 Å². The summed E-state index contributed by atoms with van der Waals surface area (Å²) < 4.78 is 22.9. The van der Waals surface area contributed by atoms with Crippen molar-refractivity contribution in [2.24, 2.45) is 5.10 Å². The number of methoxy groups -OCH3 is 1. The molecule has 4 N–H and O–H groups in total. The highest BCUT2D eigenvalue weighted by atomic mass is 79.9. The van der Waals surface area contributed by atoms with Crippen LogP contribution in [0.3, 0.4) is 0 Å². The minimum atomic E-state index is -1.11. The van der Waals surface area contributed by atoms with Gasteiger partial charge in [0.1, 0.15) is 12.4 Å². The van der Waals surface area contributed by atoms with Crippen molar-refractivity contribution in [3.8, 4) is 17.2 Å². The molecule has 2 aromatic rings. The third kappa shape index (κ3) is 8.11. The predicted molar refractivity (Wildman–Crippen MR) is 149 cm³/mol. The summed E-state index contributed by atoms with van der Waals surface area (Å²) in [5, 5.41) is 19.7. The van der Waals surface area contributed by atoms with Gasteiger partial charge in [-0.3, -0.25) is 5.43 Å². The summed E-state index contributed by atoms with van der Waals surface area (Å²) in [4.78, 5) is 24.5. The van der Waals surface area contributed by atoms with E-state index in [9.17, 15) is 14.7 Å². The van der Waals surface area contributed by atoms with Crippen LogP contribution in [0.15, 0.2) is 57.2 Å². The number of carbonyl (C=O) groups is 2. The van der Waals surface area contributed by atoms with Crippen LogP contribution in [0, 0.1) is 0 Å². The first-order valence-electron chi connectivity index (χ1n) is 12.3. The van der Waals surface area contributed by atoms with E-state index in [0.29, 0.717) is 29.4 Å². The smallest absolute Gasteiger partial charge is 0.337 e. The molecule has 0 saturated carbocycles. The summed E-state index contributed by atoms with van der Waals surface area (Å²) in [6.45, 7) is 7.57. The Morgan fingerprint density at radius 1 is 1.18 bits per heavy atom. The fourth-order valence-corrected chi connectivity index (χ4v) is 4.26. The number of hydrazone groups is 1. The van der Waals surface area contributed by atoms with Crippen molar-refractivity contribution in [1.29, 1.82) is 0 Å². The molecule has 11 nitrogen and oxygen atoms in total. The van der Waals surface area contributed by atoms with Gasteiger partial charge in [0, 0.05) is 5.70 Å². The van der Waals surface area contributed by atoms with E-state index in [1.165, 1.54) is 7.11 Å². The van der Waals surface area contributed by atoms with Crippen LogP contribution in [0.1, 0.15) is 44.9 Å². The van der Waals surface area contributed by atoms with E-state index in [2.05, 4.69) is 37.1 Å². The maximum atomic E-state index is 12.4. The highest BCUT2D eigenvalue weighted by Crippen LogP contribution is 2.35. The predicted octanol–water partition coefficient (Wildman–Crippen LogP) is 3.76. The fraction of sp³-hybridized carbons (Fsp3) is 0.370. The van der Waals surface area contributed by atoms with E-state index >= 15 is 0 Å². The number of amides is 2. The number of ether oxygens (including phenoxy) is 4. The molecule has 1 heterocycles. The molecule has 1 aliphatic rings. The molecule has 12 heteroatoms. The highest BCUT2D eigenvalue weighted by Gasteiger charge is 2.32. The van der Waals surface area contributed by atoms with Gasteiger partial charge >= 0.3 is 12.0 Å². The molecule has 1 aliphatic heterocycles. The number of nitrogens with one attached hydrogen (secondary N) is 3. The number of esters is 1. The lowest BCUT2D eigenvalue weighted by molar-refractivity contribution is -0.136. The van der Waals surface area contributed by atoms with E-state index in [-0.39, 0.29) is 18.3 Å². The van der Waals surface area contributed by atoms with Crippen LogP contribution >= 0.6 is 15.9 Å². The third-order valence-electron chi connectivity index (χ3n) is 5.43. The standard InChI is InChI=1S/C27H33BrN4O7/c1-6-37-22-12-18(25-24(26(34)36-5)16(4)30-27(35)31-25)8-10-21(22)38-14-23(33)32-29-13-17-7-9-20(19(28)11-17)39-15(2)3/h7-13,15,23,25,32-33H,6,14H2,1-5H3,(H2,30,31,35)/b29-13+/t23-,25+/m0/s1. The van der Waals surface area contributed by atoms with Gasteiger partial charge in [0.25, 0.3) is 0 Å². The number of allylic oxidation sites excluding steroid dienone is 1. The molecule has 0 aliphatic carbocycles. The lowest BCUT2D eigenvalue weighted by atomic mass is 9.95. The Kier molecular flexibility index (Phi) is 10.6. The quantitative estimate of drug-likeness (QED) is 0.124. The molecule has 0 saturated heterocycles. The van der Waals surface area contributed by atoms with Gasteiger partial charge in [-0.25, -0.2) is 9.59 Å². The van der Waals surface area contributed by atoms with Gasteiger partial charge in [-0.15, -0.1) is 0 Å². The van der Waals surface area contributed by atoms with Crippen molar-refractivity contribution >= 4 is 34.1 Å². The van der Waals surface area contributed by atoms with Crippen molar-refractivity contribution < 1.29 is 33.6 Å². The Labute approximate surface area is 235 Å². The van der Waals surface area contributed by atoms with Gasteiger partial charge in [-0.1, -0.05) is 6.07 Å². The van der Waals surface area contributed by atoms with Crippen LogP contribution in [0.5, 0.6) is 17.2 Å². The lowest BCUT2D eigenvalue weighted by Gasteiger charge is -2.28. The van der Waals surface area contributed by atoms with Gasteiger partial charge in [0.15, 0.2) is 17.7 Å². The lowest BCUT2D eigenvalue weighted by Crippen LogP contribution is -2.45. The van der Waals surface area contributed by atoms with Crippen molar-refractivity contribution in [2.45, 2.75) is 46.1 Å². The average Bonchev–Trinajstić information content (AvgIpc) is 2.88. The first-order chi connectivity index (χ1) is 18.6. The zero-order chi connectivity index (χ0) is 28.5. The normalized spacial score (nSPS) is 16.0. The Bertz CT molecular complexity index is 1250. The Morgan fingerprint density at radius 3 is 2.59 bits per heavy atom. The molecule has 39 heavy (non-hydrogen) atoms. The second-order valence-corrected chi connectivity index (χ2v) is 9.63. The maximum Gasteiger partial charge on any atom is 0.337 e. The molecule has 0 spiro atoms. The molecule has 0 aromatic heterocycles. The first-order valence-corrected chi connectivity index (χ1v) is 13.1. The van der Waals surface area contributed by atoms with Gasteiger partial charge in [0.05, 0.1) is 42.1 Å². The molecule has 0 fully saturated rings. The van der Waals surface area contributed by atoms with Crippen LogP contribution in [0.25, 0.3) is 0 Å². The maximum absolute atomic E-state index is 12.4. The van der Waals surface area contributed by atoms with Crippen molar-refractivity contribution in [2.75, 3.05) is 20.3 Å². The minimum absolute atomic E-state index is 0.0564. The third-order valence-corrected chi connectivity index (χ3v) is 6.05. The Hall–Kier alpha value is -3.77. The number of aliphatic hydroxyl groups is 1. The monoisotopic (exact) mass is 604 g/mol. The van der Waals surface area contributed by atoms with Crippen LogP contribution in [-0.2, 0) is 9.53 Å². The molecule has 2 aromatic carbocycles. The van der Waals surface area contributed by atoms with Gasteiger partial charge < -0.3 is 34.7 Å². The molecule has 2 amide bonds. The Morgan fingerprint density at radius 2 is 1.92 bits per heavy atom. The highest BCUT2D eigenvalue weighted by molar-refractivity contribution is 9.10. The summed E-state index contributed by atoms with van der Waals surface area (Å²) in [5.41, 5.74) is 4.69. The molecule has 0 radical (unpaired) electrons.